The molecule has 7 heteroatoms. The van der Waals surface area contributed by atoms with Crippen molar-refractivity contribution < 1.29 is 4.79 Å². The van der Waals surface area contributed by atoms with Gasteiger partial charge in [-0.25, -0.2) is 0 Å². The zero-order chi connectivity index (χ0) is 13.1. The van der Waals surface area contributed by atoms with Crippen LogP contribution < -0.4 is 10.9 Å². The first-order chi connectivity index (χ1) is 8.58. The highest BCUT2D eigenvalue weighted by Crippen LogP contribution is 2.07. The van der Waals surface area contributed by atoms with Gasteiger partial charge >= 0.3 is 0 Å². The van der Waals surface area contributed by atoms with Gasteiger partial charge in [-0.1, -0.05) is 6.07 Å². The average molecular weight is 281 g/mol. The molecule has 94 valence electrons. The molecule has 18 heavy (non-hydrogen) atoms. The Bertz CT molecular complexity index is 639. The highest BCUT2D eigenvalue weighted by Gasteiger charge is 2.06. The SMILES string of the molecule is Cc1cc(=O)n(CNC(=O)c2cccs2)c(=S)[nH]1. The predicted molar refractivity (Wildman–Crippen MR) is 72.4 cm³/mol. The summed E-state index contributed by atoms with van der Waals surface area (Å²) < 4.78 is 1.60. The molecule has 0 saturated heterocycles. The molecule has 0 radical (unpaired) electrons. The van der Waals surface area contributed by atoms with Crippen LogP contribution in [0.4, 0.5) is 0 Å². The van der Waals surface area contributed by atoms with Crippen LogP contribution in [0, 0.1) is 11.7 Å². The van der Waals surface area contributed by atoms with Gasteiger partial charge in [-0.05, 0) is 30.6 Å². The van der Waals surface area contributed by atoms with E-state index < -0.39 is 0 Å². The number of hydrogen-bond donors (Lipinski definition) is 2. The summed E-state index contributed by atoms with van der Waals surface area (Å²) in [6.07, 6.45) is 0. The second-order valence-corrected chi connectivity index (χ2v) is 5.00. The Morgan fingerprint density at radius 2 is 2.39 bits per heavy atom. The number of aromatic nitrogens is 2. The van der Waals surface area contributed by atoms with E-state index in [1.54, 1.807) is 19.1 Å². The van der Waals surface area contributed by atoms with Crippen LogP contribution in [0.15, 0.2) is 28.4 Å². The molecular weight excluding hydrogens is 270 g/mol. The minimum absolute atomic E-state index is 0.0607. The van der Waals surface area contributed by atoms with Gasteiger partial charge in [0.15, 0.2) is 4.77 Å². The van der Waals surface area contributed by atoms with Crippen molar-refractivity contribution in [3.8, 4) is 0 Å². The molecule has 0 fully saturated rings. The maximum absolute atomic E-state index is 11.7. The highest BCUT2D eigenvalue weighted by molar-refractivity contribution is 7.71. The normalized spacial score (nSPS) is 10.3. The lowest BCUT2D eigenvalue weighted by atomic mass is 10.4. The van der Waals surface area contributed by atoms with Gasteiger partial charge in [0, 0.05) is 11.8 Å². The third-order valence-electron chi connectivity index (χ3n) is 2.30. The first-order valence-corrected chi connectivity index (χ1v) is 6.49. The number of carbonyl (C=O) groups excluding carboxylic acids is 1. The molecule has 2 aromatic heterocycles. The van der Waals surface area contributed by atoms with E-state index in [2.05, 4.69) is 10.3 Å². The zero-order valence-corrected chi connectivity index (χ0v) is 11.2. The number of rotatable bonds is 3. The van der Waals surface area contributed by atoms with Gasteiger partial charge in [0.2, 0.25) is 0 Å². The third kappa shape index (κ3) is 2.74. The van der Waals surface area contributed by atoms with Gasteiger partial charge in [-0.2, -0.15) is 0 Å². The summed E-state index contributed by atoms with van der Waals surface area (Å²) in [6, 6.07) is 4.95. The number of aryl methyl sites for hydroxylation is 1. The Labute approximate surface area is 112 Å². The second-order valence-electron chi connectivity index (χ2n) is 3.67. The molecule has 2 heterocycles. The molecule has 0 aliphatic heterocycles. The fourth-order valence-corrected chi connectivity index (χ4v) is 2.39. The molecular formula is C11H11N3O2S2. The smallest absolute Gasteiger partial charge is 0.262 e. The van der Waals surface area contributed by atoms with Gasteiger partial charge in [0.05, 0.1) is 4.88 Å². The number of nitrogens with one attached hydrogen (secondary N) is 2. The molecule has 0 atom stereocenters. The fourth-order valence-electron chi connectivity index (χ4n) is 1.43. The maximum Gasteiger partial charge on any atom is 0.262 e. The van der Waals surface area contributed by atoms with Crippen molar-refractivity contribution in [1.29, 1.82) is 0 Å². The molecule has 2 aromatic rings. The Balaban J connectivity index is 2.14. The van der Waals surface area contributed by atoms with Crippen LogP contribution in [0.3, 0.4) is 0 Å². The monoisotopic (exact) mass is 281 g/mol. The Morgan fingerprint density at radius 1 is 1.61 bits per heavy atom. The van der Waals surface area contributed by atoms with E-state index in [4.69, 9.17) is 12.2 Å². The summed E-state index contributed by atoms with van der Waals surface area (Å²) in [7, 11) is 0. The number of carbonyl (C=O) groups is 1. The quantitative estimate of drug-likeness (QED) is 0.841. The van der Waals surface area contributed by atoms with E-state index in [0.29, 0.717) is 15.3 Å². The van der Waals surface area contributed by atoms with Crippen molar-refractivity contribution in [3.05, 3.63) is 49.3 Å². The van der Waals surface area contributed by atoms with E-state index in [1.165, 1.54) is 22.0 Å². The molecule has 2 N–H and O–H groups in total. The summed E-state index contributed by atoms with van der Waals surface area (Å²) >= 11 is 6.38. The minimum atomic E-state index is -0.234. The van der Waals surface area contributed by atoms with Gasteiger partial charge in [-0.15, -0.1) is 11.3 Å². The van der Waals surface area contributed by atoms with E-state index in [0.717, 1.165) is 0 Å². The van der Waals surface area contributed by atoms with Crippen molar-refractivity contribution in [1.82, 2.24) is 14.9 Å². The molecule has 1 amide bonds. The van der Waals surface area contributed by atoms with E-state index in [1.807, 2.05) is 5.38 Å². The summed E-state index contributed by atoms with van der Waals surface area (Å²) in [6.45, 7) is 1.82. The molecule has 0 bridgehead atoms. The highest BCUT2D eigenvalue weighted by atomic mass is 32.1. The van der Waals surface area contributed by atoms with E-state index >= 15 is 0 Å². The van der Waals surface area contributed by atoms with Gasteiger partial charge in [0.1, 0.15) is 6.67 Å². The van der Waals surface area contributed by atoms with Crippen molar-refractivity contribution >= 4 is 29.5 Å². The topological polar surface area (TPSA) is 66.9 Å². The number of nitrogens with zero attached hydrogens (tertiary/aromatic N) is 1. The average Bonchev–Trinajstić information content (AvgIpc) is 2.80. The van der Waals surface area contributed by atoms with Crippen LogP contribution >= 0.6 is 23.6 Å². The standard InChI is InChI=1S/C11H11N3O2S2/c1-7-5-9(15)14(11(17)13-7)6-12-10(16)8-3-2-4-18-8/h2-5H,6H2,1H3,(H,12,16)(H,13,17). The molecule has 0 unspecified atom stereocenters. The molecule has 0 spiro atoms. The molecule has 0 aliphatic rings. The van der Waals surface area contributed by atoms with Gasteiger partial charge in [-0.3, -0.25) is 14.2 Å². The summed E-state index contributed by atoms with van der Waals surface area (Å²) in [5.41, 5.74) is 0.466. The fraction of sp³-hybridized carbons (Fsp3) is 0.182. The number of aromatic amines is 1. The second kappa shape index (κ2) is 5.28. The Hall–Kier alpha value is -1.73. The Kier molecular flexibility index (Phi) is 3.73. The van der Waals surface area contributed by atoms with Crippen LogP contribution in [0.5, 0.6) is 0 Å². The number of amides is 1. The molecule has 2 rings (SSSR count). The van der Waals surface area contributed by atoms with Crippen LogP contribution in [-0.4, -0.2) is 15.5 Å². The zero-order valence-electron chi connectivity index (χ0n) is 9.60. The van der Waals surface area contributed by atoms with Gasteiger partial charge < -0.3 is 10.3 Å². The lowest BCUT2D eigenvalue weighted by molar-refractivity contribution is 0.0945. The minimum Gasteiger partial charge on any atom is -0.336 e. The van der Waals surface area contributed by atoms with Gasteiger partial charge in [0.25, 0.3) is 11.5 Å². The van der Waals surface area contributed by atoms with Crippen molar-refractivity contribution in [2.75, 3.05) is 0 Å². The van der Waals surface area contributed by atoms with Crippen LogP contribution in [-0.2, 0) is 6.67 Å². The first kappa shape index (κ1) is 12.7. The predicted octanol–water partition coefficient (Wildman–Crippen LogP) is 1.66. The lowest BCUT2D eigenvalue weighted by Crippen LogP contribution is -2.32. The summed E-state index contributed by atoms with van der Waals surface area (Å²) in [5.74, 6) is -0.216. The van der Waals surface area contributed by atoms with E-state index in [-0.39, 0.29) is 18.1 Å². The third-order valence-corrected chi connectivity index (χ3v) is 3.49. The number of thiophene rings is 1. The maximum atomic E-state index is 11.7. The van der Waals surface area contributed by atoms with Crippen molar-refractivity contribution in [2.24, 2.45) is 0 Å². The summed E-state index contributed by atoms with van der Waals surface area (Å²) in [5, 5.41) is 4.47. The molecule has 0 aromatic carbocycles. The van der Waals surface area contributed by atoms with Crippen LogP contribution in [0.1, 0.15) is 15.4 Å². The molecule has 5 nitrogen and oxygen atoms in total. The van der Waals surface area contributed by atoms with Crippen LogP contribution in [0.25, 0.3) is 0 Å². The molecule has 0 aliphatic carbocycles. The Morgan fingerprint density at radius 3 is 3.00 bits per heavy atom. The summed E-state index contributed by atoms with van der Waals surface area (Å²) in [4.78, 5) is 26.9. The first-order valence-electron chi connectivity index (χ1n) is 5.20. The lowest BCUT2D eigenvalue weighted by Gasteiger charge is -2.07. The van der Waals surface area contributed by atoms with Crippen molar-refractivity contribution in [2.45, 2.75) is 13.6 Å². The molecule has 0 saturated carbocycles. The van der Waals surface area contributed by atoms with Crippen molar-refractivity contribution in [3.63, 3.8) is 0 Å². The van der Waals surface area contributed by atoms with E-state index in [9.17, 15) is 9.59 Å². The van der Waals surface area contributed by atoms with Crippen LogP contribution in [0.2, 0.25) is 0 Å². The number of H-pyrrole nitrogens is 1. The largest absolute Gasteiger partial charge is 0.336 e. The number of hydrogen-bond acceptors (Lipinski definition) is 4.